The highest BCUT2D eigenvalue weighted by molar-refractivity contribution is 5.08. The lowest BCUT2D eigenvalue weighted by atomic mass is 10.1. The number of nitrogens with one attached hydrogen (secondary N) is 1. The molecule has 2 heterocycles. The van der Waals surface area contributed by atoms with Crippen LogP contribution in [0.4, 0.5) is 0 Å². The second-order valence-corrected chi connectivity index (χ2v) is 3.93. The van der Waals surface area contributed by atoms with Crippen LogP contribution in [0.15, 0.2) is 18.7 Å². The molecule has 0 spiro atoms. The third-order valence-electron chi connectivity index (χ3n) is 2.70. The van der Waals surface area contributed by atoms with Gasteiger partial charge in [0.1, 0.15) is 12.2 Å². The van der Waals surface area contributed by atoms with Gasteiger partial charge in [0.2, 0.25) is 0 Å². The van der Waals surface area contributed by atoms with Crippen LogP contribution in [0.3, 0.4) is 0 Å². The maximum atomic E-state index is 4.38. The van der Waals surface area contributed by atoms with Crippen LogP contribution in [0.2, 0.25) is 0 Å². The molecule has 0 saturated carbocycles. The van der Waals surface area contributed by atoms with Gasteiger partial charge in [0.05, 0.1) is 23.6 Å². The third kappa shape index (κ3) is 2.65. The van der Waals surface area contributed by atoms with Crippen molar-refractivity contribution in [3.8, 4) is 0 Å². The van der Waals surface area contributed by atoms with E-state index in [0.717, 1.165) is 23.6 Å². The Labute approximate surface area is 100 Å². The molecule has 6 heteroatoms. The first-order valence-corrected chi connectivity index (χ1v) is 5.49. The summed E-state index contributed by atoms with van der Waals surface area (Å²) in [6.45, 7) is 1.92. The standard InChI is InChI=1S/C11H16N6/c1-8-5-14-10(6-13-8)9(12-2)4-11-15-7-16-17(11)3/h5-7,9,12H,4H2,1-3H3. The Morgan fingerprint density at radius 1 is 1.29 bits per heavy atom. The summed E-state index contributed by atoms with van der Waals surface area (Å²) in [5.74, 6) is 0.923. The highest BCUT2D eigenvalue weighted by Gasteiger charge is 2.14. The summed E-state index contributed by atoms with van der Waals surface area (Å²) in [4.78, 5) is 12.8. The molecule has 2 rings (SSSR count). The minimum Gasteiger partial charge on any atom is -0.311 e. The van der Waals surface area contributed by atoms with Gasteiger partial charge in [-0.1, -0.05) is 0 Å². The Hall–Kier alpha value is -1.82. The average molecular weight is 232 g/mol. The molecule has 0 saturated heterocycles. The Kier molecular flexibility index (Phi) is 3.43. The first kappa shape index (κ1) is 11.7. The van der Waals surface area contributed by atoms with Gasteiger partial charge < -0.3 is 5.32 Å². The van der Waals surface area contributed by atoms with E-state index in [1.165, 1.54) is 0 Å². The molecule has 0 aliphatic heterocycles. The minimum absolute atomic E-state index is 0.103. The van der Waals surface area contributed by atoms with Crippen molar-refractivity contribution < 1.29 is 0 Å². The van der Waals surface area contributed by atoms with Crippen molar-refractivity contribution >= 4 is 0 Å². The van der Waals surface area contributed by atoms with Crippen LogP contribution in [-0.4, -0.2) is 31.8 Å². The van der Waals surface area contributed by atoms with Crippen LogP contribution in [0.25, 0.3) is 0 Å². The largest absolute Gasteiger partial charge is 0.311 e. The fourth-order valence-corrected chi connectivity index (χ4v) is 1.62. The minimum atomic E-state index is 0.103. The molecule has 2 aromatic heterocycles. The fraction of sp³-hybridized carbons (Fsp3) is 0.455. The molecule has 0 aliphatic carbocycles. The third-order valence-corrected chi connectivity index (χ3v) is 2.70. The number of hydrogen-bond acceptors (Lipinski definition) is 5. The van der Waals surface area contributed by atoms with Crippen LogP contribution in [0, 0.1) is 6.92 Å². The molecule has 0 bridgehead atoms. The Bertz CT molecular complexity index is 475. The molecule has 0 amide bonds. The van der Waals surface area contributed by atoms with Crippen LogP contribution < -0.4 is 5.32 Å². The fourth-order valence-electron chi connectivity index (χ4n) is 1.62. The number of hydrogen-bond donors (Lipinski definition) is 1. The van der Waals surface area contributed by atoms with Crippen molar-refractivity contribution in [3.63, 3.8) is 0 Å². The maximum Gasteiger partial charge on any atom is 0.138 e. The number of aryl methyl sites for hydroxylation is 2. The van der Waals surface area contributed by atoms with Crippen molar-refractivity contribution in [1.82, 2.24) is 30.0 Å². The van der Waals surface area contributed by atoms with Gasteiger partial charge in [0.25, 0.3) is 0 Å². The second kappa shape index (κ2) is 5.01. The van der Waals surface area contributed by atoms with Gasteiger partial charge in [-0.2, -0.15) is 5.10 Å². The normalized spacial score (nSPS) is 12.6. The van der Waals surface area contributed by atoms with E-state index in [1.807, 2.05) is 21.0 Å². The quantitative estimate of drug-likeness (QED) is 0.827. The summed E-state index contributed by atoms with van der Waals surface area (Å²) in [5.41, 5.74) is 1.84. The zero-order valence-electron chi connectivity index (χ0n) is 10.3. The van der Waals surface area contributed by atoms with Gasteiger partial charge in [-0.15, -0.1) is 0 Å². The van der Waals surface area contributed by atoms with E-state index in [4.69, 9.17) is 0 Å². The van der Waals surface area contributed by atoms with Crippen molar-refractivity contribution in [1.29, 1.82) is 0 Å². The predicted octanol–water partition coefficient (Wildman–Crippen LogP) is 0.417. The summed E-state index contributed by atoms with van der Waals surface area (Å²) < 4.78 is 1.77. The molecule has 90 valence electrons. The smallest absolute Gasteiger partial charge is 0.138 e. The van der Waals surface area contributed by atoms with Crippen molar-refractivity contribution in [2.75, 3.05) is 7.05 Å². The zero-order valence-corrected chi connectivity index (χ0v) is 10.3. The van der Waals surface area contributed by atoms with E-state index in [9.17, 15) is 0 Å². The maximum absolute atomic E-state index is 4.38. The van der Waals surface area contributed by atoms with Crippen molar-refractivity contribution in [3.05, 3.63) is 35.9 Å². The number of nitrogens with zero attached hydrogens (tertiary/aromatic N) is 5. The molecular weight excluding hydrogens is 216 g/mol. The van der Waals surface area contributed by atoms with E-state index >= 15 is 0 Å². The molecule has 0 radical (unpaired) electrons. The van der Waals surface area contributed by atoms with Gasteiger partial charge in [-0.05, 0) is 14.0 Å². The molecular formula is C11H16N6. The molecule has 0 aliphatic rings. The number of aromatic nitrogens is 5. The summed E-state index contributed by atoms with van der Waals surface area (Å²) in [5, 5.41) is 7.27. The van der Waals surface area contributed by atoms with Gasteiger partial charge >= 0.3 is 0 Å². The second-order valence-electron chi connectivity index (χ2n) is 3.93. The molecule has 1 N–H and O–H groups in total. The van der Waals surface area contributed by atoms with Gasteiger partial charge in [0.15, 0.2) is 0 Å². The van der Waals surface area contributed by atoms with Crippen LogP contribution in [0.1, 0.15) is 23.3 Å². The number of likely N-dealkylation sites (N-methyl/N-ethyl adjacent to an activating group) is 1. The Morgan fingerprint density at radius 3 is 2.65 bits per heavy atom. The van der Waals surface area contributed by atoms with E-state index in [-0.39, 0.29) is 6.04 Å². The van der Waals surface area contributed by atoms with Crippen LogP contribution >= 0.6 is 0 Å². The van der Waals surface area contributed by atoms with Gasteiger partial charge in [-0.3, -0.25) is 14.6 Å². The molecule has 17 heavy (non-hydrogen) atoms. The Balaban J connectivity index is 2.17. The van der Waals surface area contributed by atoms with E-state index in [0.29, 0.717) is 0 Å². The topological polar surface area (TPSA) is 68.5 Å². The van der Waals surface area contributed by atoms with E-state index in [2.05, 4.69) is 25.4 Å². The zero-order chi connectivity index (χ0) is 12.3. The first-order valence-electron chi connectivity index (χ1n) is 5.49. The highest BCUT2D eigenvalue weighted by atomic mass is 15.3. The summed E-state index contributed by atoms with van der Waals surface area (Å²) in [6, 6.07) is 0.103. The lowest BCUT2D eigenvalue weighted by Gasteiger charge is -2.14. The Morgan fingerprint density at radius 2 is 2.12 bits per heavy atom. The highest BCUT2D eigenvalue weighted by Crippen LogP contribution is 2.13. The van der Waals surface area contributed by atoms with E-state index < -0.39 is 0 Å². The molecule has 6 nitrogen and oxygen atoms in total. The summed E-state index contributed by atoms with van der Waals surface area (Å²) >= 11 is 0. The van der Waals surface area contributed by atoms with Crippen molar-refractivity contribution in [2.45, 2.75) is 19.4 Å². The molecule has 1 atom stereocenters. The first-order chi connectivity index (χ1) is 8.20. The average Bonchev–Trinajstić information content (AvgIpc) is 2.73. The summed E-state index contributed by atoms with van der Waals surface area (Å²) in [7, 11) is 3.79. The molecule has 1 unspecified atom stereocenters. The van der Waals surface area contributed by atoms with Crippen LogP contribution in [-0.2, 0) is 13.5 Å². The predicted molar refractivity (Wildman–Crippen MR) is 63.3 cm³/mol. The van der Waals surface area contributed by atoms with E-state index in [1.54, 1.807) is 23.4 Å². The summed E-state index contributed by atoms with van der Waals surface area (Å²) in [6.07, 6.45) is 5.87. The monoisotopic (exact) mass is 232 g/mol. The molecule has 2 aromatic rings. The van der Waals surface area contributed by atoms with Gasteiger partial charge in [-0.25, -0.2) is 4.98 Å². The SMILES string of the molecule is CNC(Cc1ncnn1C)c1cnc(C)cn1. The molecule has 0 aromatic carbocycles. The van der Waals surface area contributed by atoms with Crippen molar-refractivity contribution in [2.24, 2.45) is 7.05 Å². The van der Waals surface area contributed by atoms with Crippen LogP contribution in [0.5, 0.6) is 0 Å². The van der Waals surface area contributed by atoms with Gasteiger partial charge in [0, 0.05) is 19.7 Å². The lowest BCUT2D eigenvalue weighted by Crippen LogP contribution is -2.22. The lowest BCUT2D eigenvalue weighted by molar-refractivity contribution is 0.539. The number of rotatable bonds is 4. The molecule has 0 fully saturated rings.